The lowest BCUT2D eigenvalue weighted by Crippen LogP contribution is -2.12. The van der Waals surface area contributed by atoms with E-state index < -0.39 is 0 Å². The molecule has 0 saturated carbocycles. The molecule has 0 saturated heterocycles. The van der Waals surface area contributed by atoms with Crippen molar-refractivity contribution in [2.24, 2.45) is 0 Å². The molecule has 7 heteroatoms. The molecule has 0 aliphatic rings. The van der Waals surface area contributed by atoms with Gasteiger partial charge < -0.3 is 5.32 Å². The third-order valence-corrected chi connectivity index (χ3v) is 6.18. The van der Waals surface area contributed by atoms with Gasteiger partial charge in [0.15, 0.2) is 5.65 Å². The standard InChI is InChI=1S/C22H13ClN4OS/c23-14-7-5-13(6-8-14)12-25-19-10-9-15-20(28)16(11-24)22-27(21(15)26-19)17-3-1-2-4-18(17)29-22/h1-10H,12H2,(H,25,26). The van der Waals surface area contributed by atoms with Crippen LogP contribution in [-0.2, 0) is 6.54 Å². The monoisotopic (exact) mass is 416 g/mol. The van der Waals surface area contributed by atoms with Crippen LogP contribution in [0.3, 0.4) is 0 Å². The highest BCUT2D eigenvalue weighted by molar-refractivity contribution is 7.24. The number of pyridine rings is 2. The second kappa shape index (κ2) is 6.89. The predicted molar refractivity (Wildman–Crippen MR) is 118 cm³/mol. The maximum absolute atomic E-state index is 12.9. The van der Waals surface area contributed by atoms with E-state index in [2.05, 4.69) is 11.4 Å². The van der Waals surface area contributed by atoms with Crippen LogP contribution >= 0.6 is 22.9 Å². The van der Waals surface area contributed by atoms with Crippen LogP contribution in [0.5, 0.6) is 0 Å². The molecule has 3 heterocycles. The van der Waals surface area contributed by atoms with E-state index in [-0.39, 0.29) is 11.0 Å². The molecule has 0 fully saturated rings. The van der Waals surface area contributed by atoms with Gasteiger partial charge in [-0.3, -0.25) is 9.20 Å². The van der Waals surface area contributed by atoms with Crippen molar-refractivity contribution in [3.8, 4) is 6.07 Å². The van der Waals surface area contributed by atoms with Gasteiger partial charge in [-0.1, -0.05) is 35.9 Å². The minimum Gasteiger partial charge on any atom is -0.366 e. The lowest BCUT2D eigenvalue weighted by molar-refractivity contribution is 1.11. The van der Waals surface area contributed by atoms with Crippen LogP contribution in [0.15, 0.2) is 65.5 Å². The molecule has 0 amide bonds. The number of hydrogen-bond acceptors (Lipinski definition) is 5. The van der Waals surface area contributed by atoms with Crippen molar-refractivity contribution in [2.75, 3.05) is 5.32 Å². The second-order valence-electron chi connectivity index (χ2n) is 6.57. The molecule has 5 aromatic rings. The lowest BCUT2D eigenvalue weighted by Gasteiger charge is -2.09. The van der Waals surface area contributed by atoms with E-state index in [1.807, 2.05) is 52.9 Å². The lowest BCUT2D eigenvalue weighted by atomic mass is 10.2. The summed E-state index contributed by atoms with van der Waals surface area (Å²) in [6, 6.07) is 21.0. The highest BCUT2D eigenvalue weighted by Gasteiger charge is 2.17. The van der Waals surface area contributed by atoms with Gasteiger partial charge in [0.25, 0.3) is 0 Å². The fraction of sp³-hybridized carbons (Fsp3) is 0.0455. The van der Waals surface area contributed by atoms with Gasteiger partial charge in [0.05, 0.1) is 15.6 Å². The summed E-state index contributed by atoms with van der Waals surface area (Å²) in [5.74, 6) is 0.653. The minimum absolute atomic E-state index is 0.155. The Hall–Kier alpha value is -3.40. The Morgan fingerprint density at radius 2 is 1.90 bits per heavy atom. The van der Waals surface area contributed by atoms with Crippen molar-refractivity contribution in [3.05, 3.63) is 87.0 Å². The number of aromatic nitrogens is 2. The molecule has 5 rings (SSSR count). The molecule has 0 spiro atoms. The summed E-state index contributed by atoms with van der Waals surface area (Å²) in [6.45, 7) is 0.578. The van der Waals surface area contributed by atoms with Gasteiger partial charge in [0.1, 0.15) is 22.3 Å². The zero-order chi connectivity index (χ0) is 20.0. The number of para-hydroxylation sites is 1. The van der Waals surface area contributed by atoms with Gasteiger partial charge in [0.2, 0.25) is 5.43 Å². The SMILES string of the molecule is N#Cc1c(=O)c2ccc(NCc3ccc(Cl)cc3)nc2n2c1sc1ccccc12. The molecule has 5 nitrogen and oxygen atoms in total. The Balaban J connectivity index is 1.70. The van der Waals surface area contributed by atoms with Crippen LogP contribution < -0.4 is 10.7 Å². The Kier molecular flexibility index (Phi) is 4.20. The highest BCUT2D eigenvalue weighted by Crippen LogP contribution is 2.30. The number of anilines is 1. The first-order valence-electron chi connectivity index (χ1n) is 8.91. The van der Waals surface area contributed by atoms with Crippen LogP contribution in [0, 0.1) is 11.3 Å². The molecule has 29 heavy (non-hydrogen) atoms. The molecule has 0 radical (unpaired) electrons. The van der Waals surface area contributed by atoms with Crippen molar-refractivity contribution in [3.63, 3.8) is 0 Å². The number of fused-ring (bicyclic) bond motifs is 5. The topological polar surface area (TPSA) is 70.2 Å². The first-order chi connectivity index (χ1) is 14.2. The summed E-state index contributed by atoms with van der Waals surface area (Å²) in [6.07, 6.45) is 0. The summed E-state index contributed by atoms with van der Waals surface area (Å²) in [4.78, 5) is 18.2. The van der Waals surface area contributed by atoms with Gasteiger partial charge in [-0.2, -0.15) is 5.26 Å². The molecule has 140 valence electrons. The van der Waals surface area contributed by atoms with E-state index in [4.69, 9.17) is 16.6 Å². The van der Waals surface area contributed by atoms with E-state index >= 15 is 0 Å². The van der Waals surface area contributed by atoms with Crippen molar-refractivity contribution in [1.29, 1.82) is 5.26 Å². The number of halogens is 1. The van der Waals surface area contributed by atoms with E-state index in [1.165, 1.54) is 11.3 Å². The first kappa shape index (κ1) is 17.7. The Labute approximate surface area is 174 Å². The third kappa shape index (κ3) is 2.92. The second-order valence-corrected chi connectivity index (χ2v) is 8.04. The molecule has 3 aromatic heterocycles. The summed E-state index contributed by atoms with van der Waals surface area (Å²) < 4.78 is 2.90. The quantitative estimate of drug-likeness (QED) is 0.439. The maximum atomic E-state index is 12.9. The fourth-order valence-corrected chi connectivity index (χ4v) is 4.64. The Morgan fingerprint density at radius 3 is 2.69 bits per heavy atom. The van der Waals surface area contributed by atoms with E-state index in [0.29, 0.717) is 33.2 Å². The third-order valence-electron chi connectivity index (χ3n) is 4.79. The normalized spacial score (nSPS) is 11.2. The maximum Gasteiger partial charge on any atom is 0.210 e. The van der Waals surface area contributed by atoms with Crippen LogP contribution in [0.4, 0.5) is 5.82 Å². The van der Waals surface area contributed by atoms with Gasteiger partial charge in [-0.05, 0) is 42.0 Å². The van der Waals surface area contributed by atoms with Crippen molar-refractivity contribution in [2.45, 2.75) is 6.54 Å². The number of hydrogen-bond donors (Lipinski definition) is 1. The van der Waals surface area contributed by atoms with E-state index in [0.717, 1.165) is 15.8 Å². The number of rotatable bonds is 3. The summed E-state index contributed by atoms with van der Waals surface area (Å²) in [5.41, 5.74) is 2.41. The average molecular weight is 417 g/mol. The largest absolute Gasteiger partial charge is 0.366 e. The van der Waals surface area contributed by atoms with Crippen molar-refractivity contribution in [1.82, 2.24) is 9.38 Å². The van der Waals surface area contributed by atoms with Crippen LogP contribution in [-0.4, -0.2) is 9.38 Å². The van der Waals surface area contributed by atoms with Crippen LogP contribution in [0.1, 0.15) is 11.1 Å². The van der Waals surface area contributed by atoms with Gasteiger partial charge >= 0.3 is 0 Å². The van der Waals surface area contributed by atoms with Gasteiger partial charge in [0, 0.05) is 11.6 Å². The molecule has 0 aliphatic heterocycles. The fourth-order valence-electron chi connectivity index (χ4n) is 3.38. The Morgan fingerprint density at radius 1 is 1.10 bits per heavy atom. The Bertz CT molecular complexity index is 1500. The molecule has 2 aromatic carbocycles. The summed E-state index contributed by atoms with van der Waals surface area (Å²) in [7, 11) is 0. The van der Waals surface area contributed by atoms with E-state index in [1.54, 1.807) is 12.1 Å². The summed E-state index contributed by atoms with van der Waals surface area (Å²) in [5, 5.41) is 14.0. The van der Waals surface area contributed by atoms with Crippen LogP contribution in [0.25, 0.3) is 26.1 Å². The number of benzene rings is 2. The average Bonchev–Trinajstić information content (AvgIpc) is 3.13. The van der Waals surface area contributed by atoms with Crippen LogP contribution in [0.2, 0.25) is 5.02 Å². The summed E-state index contributed by atoms with van der Waals surface area (Å²) >= 11 is 7.37. The zero-order valence-corrected chi connectivity index (χ0v) is 16.6. The highest BCUT2D eigenvalue weighted by atomic mass is 35.5. The predicted octanol–water partition coefficient (Wildman–Crippen LogP) is 5.20. The molecule has 0 aliphatic carbocycles. The molecular weight excluding hydrogens is 404 g/mol. The number of nitrogens with zero attached hydrogens (tertiary/aromatic N) is 3. The van der Waals surface area contributed by atoms with Crippen molar-refractivity contribution >= 4 is 54.8 Å². The number of thiazole rings is 1. The zero-order valence-electron chi connectivity index (χ0n) is 15.0. The van der Waals surface area contributed by atoms with Crippen molar-refractivity contribution < 1.29 is 0 Å². The number of nitrogens with one attached hydrogen (secondary N) is 1. The molecule has 0 atom stereocenters. The molecule has 0 bridgehead atoms. The smallest absolute Gasteiger partial charge is 0.210 e. The minimum atomic E-state index is -0.286. The van der Waals surface area contributed by atoms with Gasteiger partial charge in [-0.25, -0.2) is 4.98 Å². The number of nitriles is 1. The molecule has 1 N–H and O–H groups in total. The first-order valence-corrected chi connectivity index (χ1v) is 10.1. The molecule has 0 unspecified atom stereocenters. The van der Waals surface area contributed by atoms with Gasteiger partial charge in [-0.15, -0.1) is 11.3 Å². The van der Waals surface area contributed by atoms with E-state index in [9.17, 15) is 10.1 Å². The molecular formula is C22H13ClN4OS.